The summed E-state index contributed by atoms with van der Waals surface area (Å²) in [6, 6.07) is 45.4. The van der Waals surface area contributed by atoms with E-state index in [1.165, 1.54) is 83.1 Å². The standard InChI is InChI=1S/C16H16N2O5.C15H12N2O6.C15H14N2O6.C13H10N2O5.C13H12N2O3.C10H5ClN2O4.C5H8O2.CH4.2Na.H2S/c1-3-23-16(20)17-14-9-15(18(21)22)13(8-10(2)19)11-6-4-5-7-12(11)14;1-8(18)14(9(2)19)15-11-6-4-3-5-10(11)12(16(20)21)7-13(15)17(22)23;1-2-23-15(20)16-12-8-13(17(21)22)11(7-14(18)19)9-5-3-4-6-10(9)12;1-8(16)6-11-9-4-2-3-5-10(9)12(14(17)18)7-13(11)15(19)20;1-8(16)6-11-9-4-2-3-5-10(9)12(14)7-13(11)15(17)18;11-10-7-4-2-1-3-6(7)8(12(14)15)5-9(10)13(16)17;1-4(6)3-5(2)7;;;;/h4-7,9H,3,8H2,1-2H3,(H,17,20);3-7,14H,1-2H3;3-6,8H,2,7H2,1H3,(H,16,20)(H,18,19);2-5,7H,6H2,1H3;2-5,7H,6,14H2,1H3;1-5H;3H2,1-2H3;1H4;;;1H2/q;;;;;;;;2*+1;/p-1. The number of rotatable bonds is 26. The number of hydrogen-bond acceptors (Lipinski definition) is 32. The summed E-state index contributed by atoms with van der Waals surface area (Å²) in [5.41, 5.74) is 4.37. The molecule has 0 saturated carbocycles. The van der Waals surface area contributed by atoms with Gasteiger partial charge in [-0.25, -0.2) is 9.59 Å². The average Bonchev–Trinajstić information content (AvgIpc) is 0.738. The van der Waals surface area contributed by atoms with Gasteiger partial charge >= 0.3 is 77.3 Å². The van der Waals surface area contributed by atoms with Crippen molar-refractivity contribution in [3.05, 3.63) is 306 Å². The van der Waals surface area contributed by atoms with E-state index in [1.54, 1.807) is 117 Å². The summed E-state index contributed by atoms with van der Waals surface area (Å²) >= 11 is 5.85. The molecule has 0 unspecified atom stereocenters. The Balaban J connectivity index is 0.000000538. The average molecular weight is 1920 g/mol. The summed E-state index contributed by atoms with van der Waals surface area (Å²) in [5, 5.41) is 119. The minimum absolute atomic E-state index is 0. The van der Waals surface area contributed by atoms with E-state index in [0.29, 0.717) is 59.9 Å². The van der Waals surface area contributed by atoms with Crippen LogP contribution >= 0.6 is 11.6 Å². The number of nitro benzene ring substituents is 9. The van der Waals surface area contributed by atoms with Crippen LogP contribution in [-0.2, 0) is 87.0 Å². The molecule has 0 aliphatic heterocycles. The molecule has 0 aromatic heterocycles. The van der Waals surface area contributed by atoms with Crippen molar-refractivity contribution in [2.75, 3.05) is 29.6 Å². The van der Waals surface area contributed by atoms with Gasteiger partial charge in [-0.1, -0.05) is 146 Å². The van der Waals surface area contributed by atoms with Crippen LogP contribution in [0.5, 0.6) is 0 Å². The number of nitrogen functional groups attached to an aromatic ring is 1. The van der Waals surface area contributed by atoms with Crippen LogP contribution in [0.25, 0.3) is 64.6 Å². The molecule has 0 bridgehead atoms. The molecule has 0 heterocycles. The van der Waals surface area contributed by atoms with Gasteiger partial charge in [-0.15, -0.1) is 0 Å². The third-order valence-electron chi connectivity index (χ3n) is 18.5. The number of nitrogens with two attached hydrogens (primary N) is 1. The van der Waals surface area contributed by atoms with E-state index in [2.05, 4.69) is 10.6 Å². The number of hydrogen-bond donors (Lipinski definition) is 4. The molecule has 0 aliphatic carbocycles. The minimum Gasteiger partial charge on any atom is -0.813 e. The number of benzene rings is 12. The number of carbonyl (C=O) groups excluding carboxylic acids is 9. The molecule has 12 aromatic rings. The summed E-state index contributed by atoms with van der Waals surface area (Å²) in [4.78, 5) is 206. The van der Waals surface area contributed by atoms with Gasteiger partial charge in [-0.3, -0.25) is 140 Å². The van der Waals surface area contributed by atoms with Crippen LogP contribution in [0.1, 0.15) is 110 Å². The summed E-state index contributed by atoms with van der Waals surface area (Å²) in [7, 11) is 0. The van der Waals surface area contributed by atoms with E-state index in [1.807, 2.05) is 6.07 Å². The number of non-ortho nitro benzene ring substituents is 3. The largest absolute Gasteiger partial charge is 1.00 e. The van der Waals surface area contributed by atoms with Gasteiger partial charge < -0.3 is 33.8 Å². The summed E-state index contributed by atoms with van der Waals surface area (Å²) < 4.78 is 9.59. The molecular formula is C88H82ClN12Na2O31S+. The minimum atomic E-state index is -1.33. The van der Waals surface area contributed by atoms with Crippen molar-refractivity contribution < 1.29 is 166 Å². The van der Waals surface area contributed by atoms with Gasteiger partial charge in [0, 0.05) is 86.9 Å². The number of carboxylic acid groups (broad SMARTS) is 1. The molecule has 0 spiro atoms. The fraction of sp³-hybridized carbons (Fsp3) is 0.205. The number of Topliss-reactive ketones (excluding diaryl/α,β-unsaturated/α-hetero) is 7. The zero-order valence-corrected chi connectivity index (χ0v) is 78.6. The molecule has 0 radical (unpaired) electrons. The number of thiol groups is 1. The first kappa shape index (κ1) is 116. The van der Waals surface area contributed by atoms with E-state index >= 15 is 0 Å². The molecule has 12 rings (SSSR count). The van der Waals surface area contributed by atoms with Crippen LogP contribution < -0.4 is 75.5 Å². The van der Waals surface area contributed by atoms with Crippen molar-refractivity contribution >= 4 is 217 Å². The maximum absolute atomic E-state index is 11.8. The molecule has 5 N–H and O–H groups in total. The molecule has 135 heavy (non-hydrogen) atoms. The second-order valence-corrected chi connectivity index (χ2v) is 28.4. The van der Waals surface area contributed by atoms with Crippen LogP contribution in [0.4, 0.5) is 77.8 Å². The Morgan fingerprint density at radius 2 is 0.585 bits per heavy atom. The van der Waals surface area contributed by atoms with Gasteiger partial charge in [0.2, 0.25) is 0 Å². The van der Waals surface area contributed by atoms with Crippen molar-refractivity contribution in [2.24, 2.45) is 0 Å². The van der Waals surface area contributed by atoms with Gasteiger partial charge in [0.05, 0.1) is 122 Å². The van der Waals surface area contributed by atoms with Crippen molar-refractivity contribution in [3.63, 3.8) is 0 Å². The number of halogens is 1. The number of nitro groups is 9. The van der Waals surface area contributed by atoms with Crippen LogP contribution in [0.2, 0.25) is 5.02 Å². The second-order valence-electron chi connectivity index (χ2n) is 28.0. The van der Waals surface area contributed by atoms with E-state index in [-0.39, 0.29) is 226 Å². The van der Waals surface area contributed by atoms with Crippen LogP contribution in [0.3, 0.4) is 0 Å². The van der Waals surface area contributed by atoms with Gasteiger partial charge in [0.15, 0.2) is 0 Å². The van der Waals surface area contributed by atoms with Gasteiger partial charge in [-0.05, 0) is 107 Å². The van der Waals surface area contributed by atoms with Crippen molar-refractivity contribution in [2.45, 2.75) is 108 Å². The normalized spacial score (nSPS) is 10.0. The molecule has 2 amide bonds. The smallest absolute Gasteiger partial charge is 0.813 e. The molecular weight excluding hydrogens is 1830 g/mol. The Hall–Kier alpha value is -15.1. The molecule has 0 saturated heterocycles. The summed E-state index contributed by atoms with van der Waals surface area (Å²) in [6.45, 7) is 12.9. The first-order valence-electron chi connectivity index (χ1n) is 38.3. The number of aliphatic carboxylic acids is 1. The summed E-state index contributed by atoms with van der Waals surface area (Å²) in [5.74, 6) is -4.28. The molecule has 43 nitrogen and oxygen atoms in total. The zero-order chi connectivity index (χ0) is 97.9. The van der Waals surface area contributed by atoms with Crippen molar-refractivity contribution in [1.82, 2.24) is 0 Å². The van der Waals surface area contributed by atoms with E-state index in [0.717, 1.165) is 43.5 Å². The number of carboxylic acids is 1. The van der Waals surface area contributed by atoms with Crippen molar-refractivity contribution in [3.8, 4) is 0 Å². The molecule has 47 heteroatoms. The number of amides is 2. The molecule has 0 aliphatic rings. The Bertz CT molecular complexity index is 6560. The number of ether oxygens (including phenoxy) is 2. The van der Waals surface area contributed by atoms with Crippen molar-refractivity contribution in [1.29, 1.82) is 0 Å². The fourth-order valence-corrected chi connectivity index (χ4v) is 13.8. The molecule has 0 fully saturated rings. The van der Waals surface area contributed by atoms with Crippen LogP contribution in [0, 0.1) is 91.0 Å². The van der Waals surface area contributed by atoms with Crippen LogP contribution in [0.15, 0.2) is 182 Å². The number of nitrogens with zero attached hydrogens (tertiary/aromatic N) is 9. The number of nitrogens with one attached hydrogen (secondary N) is 2. The molecule has 694 valence electrons. The number of carbonyl (C=O) groups is 10. The van der Waals surface area contributed by atoms with E-state index < -0.39 is 109 Å². The molecule has 12 aromatic carbocycles. The maximum atomic E-state index is 11.8. The zero-order valence-electron chi connectivity index (χ0n) is 73.0. The van der Waals surface area contributed by atoms with Gasteiger partial charge in [-0.2, -0.15) is 0 Å². The topological polar surface area (TPSA) is 648 Å². The Labute approximate surface area is 819 Å². The number of fused-ring (bicyclic) bond motifs is 6. The number of anilines is 3. The Morgan fingerprint density at radius 3 is 0.881 bits per heavy atom. The number of ketones is 7. The maximum Gasteiger partial charge on any atom is 1.00 e. The van der Waals surface area contributed by atoms with E-state index in [9.17, 15) is 139 Å². The first-order chi connectivity index (χ1) is 61.7. The monoisotopic (exact) mass is 1920 g/mol. The predicted octanol–water partition coefficient (Wildman–Crippen LogP) is 12.8. The van der Waals surface area contributed by atoms with Crippen LogP contribution in [-0.4, -0.2) is 121 Å². The fourth-order valence-electron chi connectivity index (χ4n) is 13.5. The Morgan fingerprint density at radius 1 is 0.341 bits per heavy atom. The molecule has 0 atom stereocenters. The quantitative estimate of drug-likeness (QED) is 0.00744. The first-order valence-corrected chi connectivity index (χ1v) is 38.6. The van der Waals surface area contributed by atoms with Gasteiger partial charge in [0.25, 0.3) is 51.2 Å². The Kier molecular flexibility index (Phi) is 45.9. The summed E-state index contributed by atoms with van der Waals surface area (Å²) in [6.07, 6.45) is -1.97. The SMILES string of the molecule is C.CC(=O)C(C(C)=O)c1c([N+](=O)[O-])cc([N+](=O)[O-])c2ccccc12.CC(=O)CC(C)=O.CC(=O)Cc1c([N+](=O)[O-])cc(N)c2ccccc12.CC(=O)Cc1c([N+](=O)[O-])cc([N+](=O)[O-])c2ccccc12.CCOC(=O)Nc1cc([N+](=O)[O-])c(CC(=O)O)c2ccccc12.CCOC(=O)Nc1cc([N+](=O)[O-])c(CC(C)=O)c2ccccc12.O=[N+]([O-])c1cc([N+](=O)[O-])c2ccccc2c1Cl.[Na+].[Na+].[SH-]. The van der Waals surface area contributed by atoms with E-state index in [4.69, 9.17) is 31.9 Å². The van der Waals surface area contributed by atoms with Gasteiger partial charge in [0.1, 0.15) is 51.4 Å². The predicted molar refractivity (Wildman–Crippen MR) is 494 cm³/mol. The third kappa shape index (κ3) is 31.0. The second kappa shape index (κ2) is 53.4. The third-order valence-corrected chi connectivity index (χ3v) is 18.9.